The third-order valence-corrected chi connectivity index (χ3v) is 8.72. The number of esters is 1. The number of pyridine rings is 1. The normalized spacial score (nSPS) is 19.0. The van der Waals surface area contributed by atoms with Crippen molar-refractivity contribution in [2.75, 3.05) is 38.3 Å². The van der Waals surface area contributed by atoms with Crippen LogP contribution in [0, 0.1) is 0 Å². The van der Waals surface area contributed by atoms with Gasteiger partial charge in [-0.25, -0.2) is 15.0 Å². The van der Waals surface area contributed by atoms with Crippen molar-refractivity contribution in [3.63, 3.8) is 0 Å². The maximum absolute atomic E-state index is 12.2. The van der Waals surface area contributed by atoms with Crippen molar-refractivity contribution in [1.29, 1.82) is 0 Å². The lowest BCUT2D eigenvalue weighted by molar-refractivity contribution is -0.140. The average Bonchev–Trinajstić information content (AvgIpc) is 3.21. The van der Waals surface area contributed by atoms with Crippen molar-refractivity contribution in [3.05, 3.63) is 17.5 Å². The van der Waals surface area contributed by atoms with Gasteiger partial charge in [-0.15, -0.1) is 11.3 Å². The Morgan fingerprint density at radius 3 is 2.82 bits per heavy atom. The van der Waals surface area contributed by atoms with Gasteiger partial charge < -0.3 is 19.1 Å². The summed E-state index contributed by atoms with van der Waals surface area (Å²) in [6.45, 7) is 9.80. The van der Waals surface area contributed by atoms with E-state index in [1.165, 1.54) is 24.4 Å². The molecule has 2 aliphatic heterocycles. The number of hydrogen-bond acceptors (Lipinski definition) is 10. The van der Waals surface area contributed by atoms with E-state index in [0.717, 1.165) is 56.4 Å². The molecule has 0 saturated carbocycles. The van der Waals surface area contributed by atoms with Gasteiger partial charge in [0.1, 0.15) is 27.3 Å². The minimum atomic E-state index is -0.309. The van der Waals surface area contributed by atoms with E-state index in [-0.39, 0.29) is 16.8 Å². The van der Waals surface area contributed by atoms with Gasteiger partial charge in [-0.3, -0.25) is 4.79 Å². The molecule has 0 aromatic carbocycles. The molecule has 0 bridgehead atoms. The van der Waals surface area contributed by atoms with E-state index in [1.54, 1.807) is 17.7 Å². The number of anilines is 1. The molecule has 1 fully saturated rings. The predicted octanol–water partition coefficient (Wildman–Crippen LogP) is 3.97. The summed E-state index contributed by atoms with van der Waals surface area (Å²) in [6, 6.07) is 0. The molecule has 3 aromatic rings. The molecule has 1 atom stereocenters. The van der Waals surface area contributed by atoms with Gasteiger partial charge in [-0.1, -0.05) is 18.7 Å². The smallest absolute Gasteiger partial charge is 0.319 e. The van der Waals surface area contributed by atoms with E-state index >= 15 is 0 Å². The molecule has 33 heavy (non-hydrogen) atoms. The van der Waals surface area contributed by atoms with Crippen LogP contribution in [0.25, 0.3) is 20.4 Å². The molecular weight excluding hydrogens is 460 g/mol. The fraction of sp³-hybridized carbons (Fsp3) is 0.565. The Balaban J connectivity index is 1.70. The number of thioether (sulfide) groups is 1. The molecular formula is C23H28N4O4S2. The zero-order valence-electron chi connectivity index (χ0n) is 19.3. The highest BCUT2D eigenvalue weighted by atomic mass is 32.2. The molecule has 0 spiro atoms. The lowest BCUT2D eigenvalue weighted by atomic mass is 9.90. The van der Waals surface area contributed by atoms with Gasteiger partial charge in [0.2, 0.25) is 0 Å². The second kappa shape index (κ2) is 8.98. The van der Waals surface area contributed by atoms with Gasteiger partial charge in [-0.05, 0) is 25.8 Å². The van der Waals surface area contributed by atoms with Gasteiger partial charge in [0.15, 0.2) is 0 Å². The summed E-state index contributed by atoms with van der Waals surface area (Å²) < 4.78 is 17.7. The highest BCUT2D eigenvalue weighted by Gasteiger charge is 2.33. The first-order chi connectivity index (χ1) is 15.9. The van der Waals surface area contributed by atoms with Crippen LogP contribution in [0.15, 0.2) is 11.4 Å². The Morgan fingerprint density at radius 1 is 1.30 bits per heavy atom. The third kappa shape index (κ3) is 4.18. The average molecular weight is 489 g/mol. The number of morpholine rings is 1. The Morgan fingerprint density at radius 2 is 2.09 bits per heavy atom. The van der Waals surface area contributed by atoms with Crippen LogP contribution in [0.1, 0.15) is 38.3 Å². The van der Waals surface area contributed by atoms with E-state index in [0.29, 0.717) is 26.2 Å². The molecule has 0 unspecified atom stereocenters. The first-order valence-electron chi connectivity index (χ1n) is 11.2. The fourth-order valence-corrected chi connectivity index (χ4v) is 6.70. The number of nitrogens with zero attached hydrogens (tertiary/aromatic N) is 4. The van der Waals surface area contributed by atoms with E-state index in [9.17, 15) is 4.79 Å². The van der Waals surface area contributed by atoms with Crippen molar-refractivity contribution in [3.8, 4) is 0 Å². The summed E-state index contributed by atoms with van der Waals surface area (Å²) >= 11 is 3.04. The van der Waals surface area contributed by atoms with Crippen molar-refractivity contribution in [1.82, 2.24) is 15.0 Å². The number of ether oxygens (including phenoxy) is 3. The molecule has 0 amide bonds. The van der Waals surface area contributed by atoms with Gasteiger partial charge in [0, 0.05) is 30.5 Å². The standard InChI is InChI=1S/C23H28N4O4S2/c1-5-15(22(28)29-4)32-21-18-17(24-12-25-21)16-13-10-23(2,3)31-11-14(13)19(26-20(16)33-18)27-6-8-30-9-7-27/h12,15H,5-11H2,1-4H3/t15-/m0/s1. The molecule has 0 radical (unpaired) electrons. The highest BCUT2D eigenvalue weighted by Crippen LogP contribution is 2.45. The van der Waals surface area contributed by atoms with Crippen LogP contribution in [0.5, 0.6) is 0 Å². The molecule has 10 heteroatoms. The van der Waals surface area contributed by atoms with Gasteiger partial charge in [0.25, 0.3) is 0 Å². The zero-order valence-corrected chi connectivity index (χ0v) is 21.0. The zero-order chi connectivity index (χ0) is 23.2. The number of hydrogen-bond donors (Lipinski definition) is 0. The SMILES string of the molecule is CC[C@H](Sc1ncnc2c1sc1nc(N3CCOCC3)c3c(c12)CC(C)(C)OC3)C(=O)OC. The van der Waals surface area contributed by atoms with Crippen LogP contribution in [0.3, 0.4) is 0 Å². The highest BCUT2D eigenvalue weighted by molar-refractivity contribution is 8.00. The van der Waals surface area contributed by atoms with Crippen LogP contribution in [-0.2, 0) is 32.0 Å². The summed E-state index contributed by atoms with van der Waals surface area (Å²) in [5.41, 5.74) is 3.05. The summed E-state index contributed by atoms with van der Waals surface area (Å²) in [5.74, 6) is 0.755. The maximum Gasteiger partial charge on any atom is 0.319 e. The van der Waals surface area contributed by atoms with Crippen molar-refractivity contribution in [2.24, 2.45) is 0 Å². The first-order valence-corrected chi connectivity index (χ1v) is 12.9. The summed E-state index contributed by atoms with van der Waals surface area (Å²) in [6.07, 6.45) is 3.04. The third-order valence-electron chi connectivity index (χ3n) is 6.17. The van der Waals surface area contributed by atoms with Crippen molar-refractivity contribution in [2.45, 2.75) is 56.1 Å². The summed E-state index contributed by atoms with van der Waals surface area (Å²) in [5, 5.41) is 1.58. The second-order valence-electron chi connectivity index (χ2n) is 8.89. The molecule has 2 aliphatic rings. The maximum atomic E-state index is 12.2. The van der Waals surface area contributed by atoms with Gasteiger partial charge in [-0.2, -0.15) is 0 Å². The molecule has 176 valence electrons. The molecule has 0 N–H and O–H groups in total. The number of thiophene rings is 1. The van der Waals surface area contributed by atoms with E-state index in [4.69, 9.17) is 19.2 Å². The Kier molecular flexibility index (Phi) is 6.19. The molecule has 5 rings (SSSR count). The largest absolute Gasteiger partial charge is 0.468 e. The number of fused-ring (bicyclic) bond motifs is 5. The number of carbonyl (C=O) groups is 1. The molecule has 3 aromatic heterocycles. The lowest BCUT2D eigenvalue weighted by Crippen LogP contribution is -2.39. The number of carbonyl (C=O) groups excluding carboxylic acids is 1. The van der Waals surface area contributed by atoms with Crippen LogP contribution < -0.4 is 4.90 Å². The van der Waals surface area contributed by atoms with Gasteiger partial charge >= 0.3 is 5.97 Å². The predicted molar refractivity (Wildman–Crippen MR) is 130 cm³/mol. The molecule has 8 nitrogen and oxygen atoms in total. The van der Waals surface area contributed by atoms with E-state index in [2.05, 4.69) is 28.7 Å². The van der Waals surface area contributed by atoms with Crippen molar-refractivity contribution < 1.29 is 19.0 Å². The number of methoxy groups -OCH3 is 1. The number of aromatic nitrogens is 3. The minimum Gasteiger partial charge on any atom is -0.468 e. The van der Waals surface area contributed by atoms with E-state index in [1.807, 2.05) is 6.92 Å². The Bertz CT molecular complexity index is 1210. The van der Waals surface area contributed by atoms with E-state index < -0.39 is 0 Å². The Hall–Kier alpha value is -2.01. The first kappa shape index (κ1) is 22.8. The lowest BCUT2D eigenvalue weighted by Gasteiger charge is -2.36. The number of rotatable bonds is 5. The fourth-order valence-electron chi connectivity index (χ4n) is 4.45. The van der Waals surface area contributed by atoms with Crippen LogP contribution in [0.2, 0.25) is 0 Å². The quantitative estimate of drug-likeness (QED) is 0.301. The van der Waals surface area contributed by atoms with Crippen molar-refractivity contribution >= 4 is 55.3 Å². The topological polar surface area (TPSA) is 86.7 Å². The van der Waals surface area contributed by atoms with Crippen LogP contribution in [-0.4, -0.2) is 65.2 Å². The molecule has 0 aliphatic carbocycles. The van der Waals surface area contributed by atoms with Crippen LogP contribution in [0.4, 0.5) is 5.82 Å². The monoisotopic (exact) mass is 488 g/mol. The Labute approximate surface area is 201 Å². The molecule has 1 saturated heterocycles. The molecule has 5 heterocycles. The second-order valence-corrected chi connectivity index (χ2v) is 11.1. The minimum absolute atomic E-state index is 0.237. The van der Waals surface area contributed by atoms with Gasteiger partial charge in [0.05, 0.1) is 42.7 Å². The summed E-state index contributed by atoms with van der Waals surface area (Å²) in [4.78, 5) is 29.8. The summed E-state index contributed by atoms with van der Waals surface area (Å²) in [7, 11) is 1.42. The van der Waals surface area contributed by atoms with Crippen LogP contribution >= 0.6 is 23.1 Å².